The highest BCUT2D eigenvalue weighted by Gasteiger charge is 2.22. The maximum absolute atomic E-state index is 6.68. The topological polar surface area (TPSA) is 42.8 Å². The molecule has 0 N–H and O–H groups in total. The van der Waals surface area contributed by atoms with Crippen molar-refractivity contribution in [1.29, 1.82) is 0 Å². The molecule has 2 aromatic heterocycles. The van der Waals surface area contributed by atoms with Gasteiger partial charge in [-0.1, -0.05) is 207 Å². The van der Waals surface area contributed by atoms with Gasteiger partial charge in [-0.25, -0.2) is 9.98 Å². The number of aliphatic imine (C=N–C) groups is 2. The highest BCUT2D eigenvalue weighted by Crippen LogP contribution is 2.42. The zero-order valence-electron chi connectivity index (χ0n) is 41.4. The van der Waals surface area contributed by atoms with Crippen molar-refractivity contribution in [1.82, 2.24) is 4.57 Å². The lowest BCUT2D eigenvalue weighted by molar-refractivity contribution is 0.669. The molecule has 0 fully saturated rings. The van der Waals surface area contributed by atoms with Crippen LogP contribution in [0.4, 0.5) is 0 Å². The average molecular weight is 970 g/mol. The third kappa shape index (κ3) is 7.97. The van der Waals surface area contributed by atoms with Gasteiger partial charge in [0.05, 0.1) is 28.1 Å². The number of para-hydroxylation sites is 2. The van der Waals surface area contributed by atoms with E-state index < -0.39 is 0 Å². The molecule has 76 heavy (non-hydrogen) atoms. The van der Waals surface area contributed by atoms with Crippen LogP contribution < -0.4 is 0 Å². The molecule has 13 aromatic rings. The van der Waals surface area contributed by atoms with E-state index in [9.17, 15) is 0 Å². The number of hydrogen-bond acceptors (Lipinski definition) is 3. The first-order chi connectivity index (χ1) is 37.6. The van der Waals surface area contributed by atoms with E-state index in [0.717, 1.165) is 117 Å². The second-order valence-electron chi connectivity index (χ2n) is 19.4. The fourth-order valence-electron chi connectivity index (χ4n) is 11.1. The van der Waals surface area contributed by atoms with Crippen molar-refractivity contribution < 1.29 is 4.42 Å². The van der Waals surface area contributed by atoms with Crippen LogP contribution in [0.3, 0.4) is 0 Å². The highest BCUT2D eigenvalue weighted by atomic mass is 16.3. The van der Waals surface area contributed by atoms with Gasteiger partial charge in [0.1, 0.15) is 11.2 Å². The lowest BCUT2D eigenvalue weighted by Crippen LogP contribution is -2.06. The third-order valence-corrected chi connectivity index (χ3v) is 14.7. The van der Waals surface area contributed by atoms with Crippen LogP contribution in [0.15, 0.2) is 300 Å². The minimum atomic E-state index is 0.595. The van der Waals surface area contributed by atoms with Gasteiger partial charge in [0.15, 0.2) is 5.84 Å². The predicted molar refractivity (Wildman–Crippen MR) is 318 cm³/mol. The van der Waals surface area contributed by atoms with Crippen LogP contribution in [-0.4, -0.2) is 16.1 Å². The summed E-state index contributed by atoms with van der Waals surface area (Å²) >= 11 is 0. The van der Waals surface area contributed by atoms with E-state index in [1.807, 2.05) is 30.3 Å². The SMILES string of the molecule is C=C1C=C(c2cccc3oc4ccc(-c5ccc6c(c5)c5ccccc5n6-c5ccccc5-c5ccccc5)cc4c23)N=C(c2cccc(-c3cc(-c4ccccc4)cc(-c4ccccc4)c3)c2)N=C1c1ccccc1. The first-order valence-corrected chi connectivity index (χ1v) is 25.7. The standard InChI is InChI=1S/C72H47N3O/c1-47-40-64(73-72(74-71(47)51-26-12-5-13-27-51)55-29-18-28-52(41-55)58-43-56(48-20-6-2-7-21-48)42-57(44-58)49-22-8-3-9-23-49)61-32-19-35-69-70(61)63-46-54(37-39-68(63)76-69)53-36-38-67-62(45-53)60-31-15-17-34-66(60)75(67)65-33-16-14-30-59(65)50-24-10-4-11-25-50/h2-46H,1H2. The van der Waals surface area contributed by atoms with Gasteiger partial charge in [0.2, 0.25) is 0 Å². The Morgan fingerprint density at radius 3 is 1.57 bits per heavy atom. The largest absolute Gasteiger partial charge is 0.456 e. The van der Waals surface area contributed by atoms with Crippen LogP contribution in [0.25, 0.3) is 111 Å². The fraction of sp³-hybridized carbons (Fsp3) is 0. The first kappa shape index (κ1) is 44.5. The summed E-state index contributed by atoms with van der Waals surface area (Å²) in [7, 11) is 0. The van der Waals surface area contributed by atoms with Crippen molar-refractivity contribution in [2.24, 2.45) is 9.98 Å². The van der Waals surface area contributed by atoms with Gasteiger partial charge in [-0.15, -0.1) is 0 Å². The monoisotopic (exact) mass is 969 g/mol. The highest BCUT2D eigenvalue weighted by molar-refractivity contribution is 6.24. The van der Waals surface area contributed by atoms with Crippen molar-refractivity contribution in [2.45, 2.75) is 0 Å². The molecule has 0 radical (unpaired) electrons. The lowest BCUT2D eigenvalue weighted by atomic mass is 9.93. The van der Waals surface area contributed by atoms with E-state index >= 15 is 0 Å². The molecule has 0 saturated heterocycles. The van der Waals surface area contributed by atoms with Gasteiger partial charge >= 0.3 is 0 Å². The molecule has 0 spiro atoms. The Hall–Kier alpha value is -10.2. The van der Waals surface area contributed by atoms with E-state index in [0.29, 0.717) is 5.84 Å². The third-order valence-electron chi connectivity index (χ3n) is 14.7. The number of aromatic nitrogens is 1. The molecule has 0 saturated carbocycles. The number of hydrogen-bond donors (Lipinski definition) is 0. The van der Waals surface area contributed by atoms with Crippen LogP contribution in [0.2, 0.25) is 0 Å². The predicted octanol–water partition coefficient (Wildman–Crippen LogP) is 18.9. The van der Waals surface area contributed by atoms with Crippen molar-refractivity contribution in [3.63, 3.8) is 0 Å². The van der Waals surface area contributed by atoms with Gasteiger partial charge in [-0.3, -0.25) is 0 Å². The number of amidine groups is 1. The Balaban J connectivity index is 0.898. The minimum absolute atomic E-state index is 0.595. The quantitative estimate of drug-likeness (QED) is 0.142. The summed E-state index contributed by atoms with van der Waals surface area (Å²) in [5.74, 6) is 0.595. The molecule has 1 aliphatic heterocycles. The number of benzene rings is 11. The molecule has 0 amide bonds. The van der Waals surface area contributed by atoms with Gasteiger partial charge < -0.3 is 8.98 Å². The summed E-state index contributed by atoms with van der Waals surface area (Å²) in [6.07, 6.45) is 2.08. The Bertz CT molecular complexity index is 4440. The maximum atomic E-state index is 6.68. The minimum Gasteiger partial charge on any atom is -0.456 e. The van der Waals surface area contributed by atoms with E-state index in [1.54, 1.807) is 0 Å². The molecule has 0 bridgehead atoms. The Labute approximate surface area is 440 Å². The Morgan fingerprint density at radius 1 is 0.329 bits per heavy atom. The summed E-state index contributed by atoms with van der Waals surface area (Å²) in [4.78, 5) is 10.9. The van der Waals surface area contributed by atoms with E-state index in [2.05, 4.69) is 254 Å². The Kier molecular flexibility index (Phi) is 11.0. The number of fused-ring (bicyclic) bond motifs is 6. The van der Waals surface area contributed by atoms with Gasteiger partial charge in [0, 0.05) is 43.8 Å². The smallest absolute Gasteiger partial charge is 0.160 e. The van der Waals surface area contributed by atoms with E-state index in [-0.39, 0.29) is 0 Å². The van der Waals surface area contributed by atoms with Crippen molar-refractivity contribution in [2.75, 3.05) is 0 Å². The van der Waals surface area contributed by atoms with E-state index in [1.165, 1.54) is 21.9 Å². The normalized spacial score (nSPS) is 12.7. The number of allylic oxidation sites excluding steroid dienone is 2. The van der Waals surface area contributed by atoms with Crippen LogP contribution in [-0.2, 0) is 0 Å². The second kappa shape index (κ2) is 18.7. The molecule has 0 unspecified atom stereocenters. The molecule has 1 aliphatic rings. The molecule has 0 aliphatic carbocycles. The summed E-state index contributed by atoms with van der Waals surface area (Å²) < 4.78 is 9.09. The fourth-order valence-corrected chi connectivity index (χ4v) is 11.1. The number of furan rings is 1. The number of nitrogens with zero attached hydrogens (tertiary/aromatic N) is 3. The van der Waals surface area contributed by atoms with Crippen molar-refractivity contribution >= 4 is 61.0 Å². The zero-order chi connectivity index (χ0) is 50.5. The Morgan fingerprint density at radius 2 is 0.842 bits per heavy atom. The van der Waals surface area contributed by atoms with Gasteiger partial charge in [-0.05, 0) is 128 Å². The molecule has 11 aromatic carbocycles. The summed E-state index contributed by atoms with van der Waals surface area (Å²) in [5.41, 5.74) is 21.5. The van der Waals surface area contributed by atoms with Crippen molar-refractivity contribution in [3.05, 3.63) is 302 Å². The molecular formula is C72H47N3O. The van der Waals surface area contributed by atoms with Crippen LogP contribution in [0, 0.1) is 0 Å². The molecular weight excluding hydrogens is 923 g/mol. The summed E-state index contributed by atoms with van der Waals surface area (Å²) in [5, 5.41) is 4.39. The molecule has 3 heterocycles. The lowest BCUT2D eigenvalue weighted by Gasteiger charge is -2.14. The summed E-state index contributed by atoms with van der Waals surface area (Å²) in [6, 6.07) is 94.6. The summed E-state index contributed by atoms with van der Waals surface area (Å²) in [6.45, 7) is 4.64. The molecule has 4 heteroatoms. The average Bonchev–Trinajstić information content (AvgIpc) is 4.05. The number of rotatable bonds is 9. The second-order valence-corrected chi connectivity index (χ2v) is 19.4. The maximum Gasteiger partial charge on any atom is 0.160 e. The van der Waals surface area contributed by atoms with Gasteiger partial charge in [0.25, 0.3) is 0 Å². The van der Waals surface area contributed by atoms with Crippen LogP contribution in [0.1, 0.15) is 16.7 Å². The van der Waals surface area contributed by atoms with E-state index in [4.69, 9.17) is 14.4 Å². The zero-order valence-corrected chi connectivity index (χ0v) is 41.4. The molecule has 14 rings (SSSR count). The first-order valence-electron chi connectivity index (χ1n) is 25.7. The van der Waals surface area contributed by atoms with Crippen LogP contribution >= 0.6 is 0 Å². The molecule has 4 nitrogen and oxygen atoms in total. The van der Waals surface area contributed by atoms with Crippen molar-refractivity contribution in [3.8, 4) is 61.3 Å². The molecule has 356 valence electrons. The molecule has 0 atom stereocenters. The van der Waals surface area contributed by atoms with Gasteiger partial charge in [-0.2, -0.15) is 0 Å². The van der Waals surface area contributed by atoms with Crippen LogP contribution in [0.5, 0.6) is 0 Å².